The molecule has 0 radical (unpaired) electrons. The van der Waals surface area contributed by atoms with Gasteiger partial charge in [-0.1, -0.05) is 18.2 Å². The third-order valence-electron chi connectivity index (χ3n) is 3.10. The zero-order valence-corrected chi connectivity index (χ0v) is 13.5. The van der Waals surface area contributed by atoms with Crippen LogP contribution in [0.15, 0.2) is 54.6 Å². The molecule has 0 aliphatic carbocycles. The van der Waals surface area contributed by atoms with Crippen LogP contribution in [-0.2, 0) is 0 Å². The number of thiophene rings is 1. The first-order valence-corrected chi connectivity index (χ1v) is 8.12. The summed E-state index contributed by atoms with van der Waals surface area (Å²) in [7, 11) is 0. The van der Waals surface area contributed by atoms with E-state index < -0.39 is 0 Å². The molecule has 1 atom stereocenters. The van der Waals surface area contributed by atoms with Crippen molar-refractivity contribution in [3.63, 3.8) is 0 Å². The minimum atomic E-state index is 0.331. The fourth-order valence-electron chi connectivity index (χ4n) is 2.08. The van der Waals surface area contributed by atoms with E-state index in [4.69, 9.17) is 0 Å². The van der Waals surface area contributed by atoms with Gasteiger partial charge < -0.3 is 5.32 Å². The smallest absolute Gasteiger partial charge is 0.0578 e. The van der Waals surface area contributed by atoms with Crippen molar-refractivity contribution in [3.8, 4) is 0 Å². The van der Waals surface area contributed by atoms with Crippen LogP contribution >= 0.6 is 33.9 Å². The first-order chi connectivity index (χ1) is 9.22. The molecule has 0 spiro atoms. The number of benzene rings is 2. The summed E-state index contributed by atoms with van der Waals surface area (Å²) in [4.78, 5) is 1.37. The molecule has 3 aromatic rings. The first kappa shape index (κ1) is 12.9. The van der Waals surface area contributed by atoms with E-state index in [9.17, 15) is 0 Å². The molecule has 0 bridgehead atoms. The number of nitrogens with one attached hydrogen (secondary N) is 1. The van der Waals surface area contributed by atoms with Gasteiger partial charge in [0, 0.05) is 18.8 Å². The van der Waals surface area contributed by atoms with Gasteiger partial charge >= 0.3 is 0 Å². The summed E-state index contributed by atoms with van der Waals surface area (Å²) in [5, 5.41) is 4.89. The fourth-order valence-corrected chi connectivity index (χ4v) is 3.51. The lowest BCUT2D eigenvalue weighted by atomic mass is 10.2. The van der Waals surface area contributed by atoms with Crippen molar-refractivity contribution in [2.24, 2.45) is 0 Å². The van der Waals surface area contributed by atoms with Crippen molar-refractivity contribution in [2.75, 3.05) is 5.32 Å². The molecule has 0 amide bonds. The molecule has 1 nitrogen and oxygen atoms in total. The molecular weight excluding hydrogens is 365 g/mol. The van der Waals surface area contributed by atoms with Crippen LogP contribution in [0.3, 0.4) is 0 Å². The average Bonchev–Trinajstić information content (AvgIpc) is 2.85. The SMILES string of the molecule is CC(Nc1ccc(I)cc1)c1cc2ccccc2s1. The maximum absolute atomic E-state index is 3.55. The topological polar surface area (TPSA) is 12.0 Å². The zero-order chi connectivity index (χ0) is 13.2. The van der Waals surface area contributed by atoms with Crippen LogP contribution in [0.4, 0.5) is 5.69 Å². The van der Waals surface area contributed by atoms with Crippen LogP contribution in [0.25, 0.3) is 10.1 Å². The summed E-state index contributed by atoms with van der Waals surface area (Å²) in [5.74, 6) is 0. The van der Waals surface area contributed by atoms with E-state index in [1.54, 1.807) is 0 Å². The molecule has 1 N–H and O–H groups in total. The lowest BCUT2D eigenvalue weighted by Crippen LogP contribution is -2.04. The Morgan fingerprint density at radius 3 is 2.53 bits per heavy atom. The van der Waals surface area contributed by atoms with Gasteiger partial charge in [0.05, 0.1) is 6.04 Å². The maximum atomic E-state index is 3.55. The second-order valence-corrected chi connectivity index (χ2v) is 6.92. The summed E-state index contributed by atoms with van der Waals surface area (Å²) < 4.78 is 2.62. The average molecular weight is 379 g/mol. The summed E-state index contributed by atoms with van der Waals surface area (Å²) in [6.45, 7) is 2.21. The highest BCUT2D eigenvalue weighted by Crippen LogP contribution is 2.31. The Hall–Kier alpha value is -1.07. The molecule has 1 aromatic heterocycles. The van der Waals surface area contributed by atoms with Crippen molar-refractivity contribution in [1.82, 2.24) is 0 Å². The van der Waals surface area contributed by atoms with Gasteiger partial charge in [0.1, 0.15) is 0 Å². The van der Waals surface area contributed by atoms with Crippen molar-refractivity contribution >= 4 is 49.7 Å². The van der Waals surface area contributed by atoms with Crippen LogP contribution < -0.4 is 5.32 Å². The summed E-state index contributed by atoms with van der Waals surface area (Å²) in [5.41, 5.74) is 1.17. The van der Waals surface area contributed by atoms with Crippen molar-refractivity contribution in [1.29, 1.82) is 0 Å². The normalized spacial score (nSPS) is 12.5. The summed E-state index contributed by atoms with van der Waals surface area (Å²) in [6.07, 6.45) is 0. The first-order valence-electron chi connectivity index (χ1n) is 6.23. The molecule has 96 valence electrons. The number of anilines is 1. The molecule has 0 aliphatic rings. The molecule has 1 unspecified atom stereocenters. The van der Waals surface area contributed by atoms with Gasteiger partial charge in [0.15, 0.2) is 0 Å². The van der Waals surface area contributed by atoms with Crippen LogP contribution in [0.5, 0.6) is 0 Å². The lowest BCUT2D eigenvalue weighted by molar-refractivity contribution is 0.909. The van der Waals surface area contributed by atoms with E-state index in [0.29, 0.717) is 6.04 Å². The fraction of sp³-hybridized carbons (Fsp3) is 0.125. The molecule has 3 heteroatoms. The molecule has 2 aromatic carbocycles. The van der Waals surface area contributed by atoms with E-state index in [-0.39, 0.29) is 0 Å². The standard InChI is InChI=1S/C16H14INS/c1-11(18-14-8-6-13(17)7-9-14)16-10-12-4-2-3-5-15(12)19-16/h2-11,18H,1H3. The molecule has 0 saturated heterocycles. The Labute approximate surface area is 130 Å². The monoisotopic (exact) mass is 379 g/mol. The second kappa shape index (κ2) is 5.51. The van der Waals surface area contributed by atoms with Crippen molar-refractivity contribution in [2.45, 2.75) is 13.0 Å². The highest BCUT2D eigenvalue weighted by atomic mass is 127. The molecular formula is C16H14INS. The Morgan fingerprint density at radius 2 is 1.79 bits per heavy atom. The predicted octanol–water partition coefficient (Wildman–Crippen LogP) is 5.68. The minimum Gasteiger partial charge on any atom is -0.378 e. The number of halogens is 1. The third kappa shape index (κ3) is 2.92. The minimum absolute atomic E-state index is 0.331. The Bertz CT molecular complexity index is 654. The second-order valence-electron chi connectivity index (χ2n) is 4.56. The highest BCUT2D eigenvalue weighted by molar-refractivity contribution is 14.1. The van der Waals surface area contributed by atoms with Crippen LogP contribution in [-0.4, -0.2) is 0 Å². The Kier molecular flexibility index (Phi) is 3.75. The number of hydrogen-bond acceptors (Lipinski definition) is 2. The predicted molar refractivity (Wildman–Crippen MR) is 93.0 cm³/mol. The van der Waals surface area contributed by atoms with Crippen LogP contribution in [0.2, 0.25) is 0 Å². The molecule has 0 aliphatic heterocycles. The van der Waals surface area contributed by atoms with E-state index >= 15 is 0 Å². The lowest BCUT2D eigenvalue weighted by Gasteiger charge is -2.13. The highest BCUT2D eigenvalue weighted by Gasteiger charge is 2.09. The van der Waals surface area contributed by atoms with Gasteiger partial charge in [0.2, 0.25) is 0 Å². The molecule has 0 fully saturated rings. The number of hydrogen-bond donors (Lipinski definition) is 1. The van der Waals surface area contributed by atoms with E-state index in [2.05, 4.69) is 89.4 Å². The summed E-state index contributed by atoms with van der Waals surface area (Å²) in [6, 6.07) is 19.7. The molecule has 0 saturated carbocycles. The van der Waals surface area contributed by atoms with Gasteiger partial charge in [-0.05, 0) is 71.3 Å². The quantitative estimate of drug-likeness (QED) is 0.578. The molecule has 3 rings (SSSR count). The largest absolute Gasteiger partial charge is 0.378 e. The van der Waals surface area contributed by atoms with E-state index in [1.807, 2.05) is 11.3 Å². The van der Waals surface area contributed by atoms with Crippen LogP contribution in [0.1, 0.15) is 17.8 Å². The Balaban J connectivity index is 1.83. The van der Waals surface area contributed by atoms with Crippen molar-refractivity contribution < 1.29 is 0 Å². The van der Waals surface area contributed by atoms with Gasteiger partial charge in [-0.15, -0.1) is 11.3 Å². The van der Waals surface area contributed by atoms with E-state index in [0.717, 1.165) is 0 Å². The molecule has 19 heavy (non-hydrogen) atoms. The maximum Gasteiger partial charge on any atom is 0.0578 e. The van der Waals surface area contributed by atoms with Gasteiger partial charge in [-0.3, -0.25) is 0 Å². The molecule has 1 heterocycles. The summed E-state index contributed by atoms with van der Waals surface area (Å²) >= 11 is 4.19. The van der Waals surface area contributed by atoms with Crippen LogP contribution in [0, 0.1) is 3.57 Å². The zero-order valence-electron chi connectivity index (χ0n) is 10.6. The number of rotatable bonds is 3. The van der Waals surface area contributed by atoms with Crippen molar-refractivity contribution in [3.05, 3.63) is 63.0 Å². The van der Waals surface area contributed by atoms with Gasteiger partial charge in [0.25, 0.3) is 0 Å². The Morgan fingerprint density at radius 1 is 1.05 bits per heavy atom. The third-order valence-corrected chi connectivity index (χ3v) is 5.12. The number of fused-ring (bicyclic) bond motifs is 1. The van der Waals surface area contributed by atoms with Gasteiger partial charge in [-0.25, -0.2) is 0 Å². The van der Waals surface area contributed by atoms with E-state index in [1.165, 1.54) is 24.2 Å². The van der Waals surface area contributed by atoms with Gasteiger partial charge in [-0.2, -0.15) is 0 Å².